The summed E-state index contributed by atoms with van der Waals surface area (Å²) in [5, 5.41) is 8.65. The summed E-state index contributed by atoms with van der Waals surface area (Å²) in [6, 6.07) is 3.92. The van der Waals surface area contributed by atoms with Gasteiger partial charge < -0.3 is 15.6 Å². The average Bonchev–Trinajstić information content (AvgIpc) is 2.07. The number of aromatic carboxylic acids is 1. The minimum absolute atomic E-state index is 0.0236. The highest BCUT2D eigenvalue weighted by molar-refractivity contribution is 5.89. The second-order valence-electron chi connectivity index (χ2n) is 2.65. The Bertz CT molecular complexity index is 386. The normalized spacial score (nSPS) is 9.50. The molecule has 0 aliphatic rings. The van der Waals surface area contributed by atoms with Crippen LogP contribution in [0.4, 0.5) is 5.69 Å². The lowest BCUT2D eigenvalue weighted by Gasteiger charge is -2.05. The van der Waals surface area contributed by atoms with E-state index in [1.165, 1.54) is 25.1 Å². The number of esters is 1. The van der Waals surface area contributed by atoms with Crippen LogP contribution in [0.1, 0.15) is 17.3 Å². The van der Waals surface area contributed by atoms with Gasteiger partial charge in [0.05, 0.1) is 11.3 Å². The minimum atomic E-state index is -1.10. The first kappa shape index (κ1) is 10.0. The maximum atomic E-state index is 10.6. The number of carbonyl (C=O) groups excluding carboxylic acids is 1. The number of anilines is 1. The van der Waals surface area contributed by atoms with Crippen LogP contribution in [0.5, 0.6) is 5.75 Å². The molecule has 0 heterocycles. The van der Waals surface area contributed by atoms with E-state index in [0.717, 1.165) is 0 Å². The molecule has 0 radical (unpaired) electrons. The Morgan fingerprint density at radius 1 is 1.43 bits per heavy atom. The van der Waals surface area contributed by atoms with Crippen LogP contribution >= 0.6 is 0 Å². The number of hydrogen-bond acceptors (Lipinski definition) is 4. The molecule has 0 atom stereocenters. The number of carboxylic acid groups (broad SMARTS) is 1. The van der Waals surface area contributed by atoms with E-state index >= 15 is 0 Å². The Hall–Kier alpha value is -2.04. The van der Waals surface area contributed by atoms with Gasteiger partial charge in [0.15, 0.2) is 5.75 Å². The molecule has 0 fully saturated rings. The molecular formula is C9H9NO4. The molecule has 1 aromatic carbocycles. The maximum Gasteiger partial charge on any atom is 0.335 e. The lowest BCUT2D eigenvalue weighted by molar-refractivity contribution is -0.131. The van der Waals surface area contributed by atoms with Crippen LogP contribution in [0.15, 0.2) is 18.2 Å². The fourth-order valence-corrected chi connectivity index (χ4v) is 0.911. The van der Waals surface area contributed by atoms with Crippen molar-refractivity contribution in [3.8, 4) is 5.75 Å². The van der Waals surface area contributed by atoms with Gasteiger partial charge in [-0.25, -0.2) is 4.79 Å². The van der Waals surface area contributed by atoms with E-state index in [9.17, 15) is 9.59 Å². The van der Waals surface area contributed by atoms with Crippen molar-refractivity contribution in [3.05, 3.63) is 23.8 Å². The fourth-order valence-electron chi connectivity index (χ4n) is 0.911. The molecule has 0 aliphatic heterocycles. The molecule has 3 N–H and O–H groups in total. The monoisotopic (exact) mass is 195 g/mol. The summed E-state index contributed by atoms with van der Waals surface area (Å²) in [5.74, 6) is -1.57. The second-order valence-corrected chi connectivity index (χ2v) is 2.65. The van der Waals surface area contributed by atoms with Crippen molar-refractivity contribution in [2.45, 2.75) is 6.92 Å². The predicted molar refractivity (Wildman–Crippen MR) is 49.1 cm³/mol. The molecule has 5 heteroatoms. The third-order valence-corrected chi connectivity index (χ3v) is 1.51. The Labute approximate surface area is 80.1 Å². The van der Waals surface area contributed by atoms with Crippen LogP contribution in [-0.4, -0.2) is 17.0 Å². The van der Waals surface area contributed by atoms with Crippen LogP contribution in [0.25, 0.3) is 0 Å². The molecule has 74 valence electrons. The highest BCUT2D eigenvalue weighted by Gasteiger charge is 2.08. The average molecular weight is 195 g/mol. The van der Waals surface area contributed by atoms with Crippen LogP contribution < -0.4 is 10.5 Å². The number of carboxylic acids is 1. The Balaban J connectivity index is 3.08. The van der Waals surface area contributed by atoms with Crippen LogP contribution in [0.3, 0.4) is 0 Å². The number of nitrogen functional groups attached to an aromatic ring is 1. The van der Waals surface area contributed by atoms with Gasteiger partial charge in [-0.15, -0.1) is 0 Å². The summed E-state index contributed by atoms with van der Waals surface area (Å²) < 4.78 is 4.71. The number of hydrogen-bond donors (Lipinski definition) is 2. The van der Waals surface area contributed by atoms with Crippen molar-refractivity contribution in [3.63, 3.8) is 0 Å². The van der Waals surface area contributed by atoms with Crippen molar-refractivity contribution in [1.29, 1.82) is 0 Å². The zero-order valence-electron chi connectivity index (χ0n) is 7.48. The van der Waals surface area contributed by atoms with E-state index in [4.69, 9.17) is 15.6 Å². The van der Waals surface area contributed by atoms with Crippen molar-refractivity contribution in [1.82, 2.24) is 0 Å². The number of carbonyl (C=O) groups is 2. The summed E-state index contributed by atoms with van der Waals surface area (Å²) in [5.41, 5.74) is 5.72. The number of ether oxygens (including phenoxy) is 1. The summed E-state index contributed by atoms with van der Waals surface area (Å²) >= 11 is 0. The summed E-state index contributed by atoms with van der Waals surface area (Å²) in [7, 11) is 0. The van der Waals surface area contributed by atoms with Crippen molar-refractivity contribution in [2.24, 2.45) is 0 Å². The molecule has 0 amide bonds. The third-order valence-electron chi connectivity index (χ3n) is 1.51. The predicted octanol–water partition coefficient (Wildman–Crippen LogP) is 0.892. The van der Waals surface area contributed by atoms with E-state index in [2.05, 4.69) is 0 Å². The summed E-state index contributed by atoms with van der Waals surface area (Å²) in [6.45, 7) is 1.22. The van der Waals surface area contributed by atoms with Crippen LogP contribution in [0.2, 0.25) is 0 Å². The number of benzene rings is 1. The Kier molecular flexibility index (Phi) is 2.71. The molecule has 0 saturated carbocycles. The molecular weight excluding hydrogens is 186 g/mol. The Morgan fingerprint density at radius 2 is 2.07 bits per heavy atom. The second kappa shape index (κ2) is 3.78. The first-order valence-electron chi connectivity index (χ1n) is 3.82. The van der Waals surface area contributed by atoms with Crippen molar-refractivity contribution >= 4 is 17.6 Å². The molecule has 0 bridgehead atoms. The first-order valence-corrected chi connectivity index (χ1v) is 3.82. The van der Waals surface area contributed by atoms with E-state index < -0.39 is 11.9 Å². The highest BCUT2D eigenvalue weighted by atomic mass is 16.5. The lowest BCUT2D eigenvalue weighted by atomic mass is 10.2. The molecule has 0 unspecified atom stereocenters. The van der Waals surface area contributed by atoms with E-state index in [1.54, 1.807) is 0 Å². The van der Waals surface area contributed by atoms with Gasteiger partial charge in [0.25, 0.3) is 0 Å². The summed E-state index contributed by atoms with van der Waals surface area (Å²) in [6.07, 6.45) is 0. The molecule has 14 heavy (non-hydrogen) atoms. The zero-order chi connectivity index (χ0) is 10.7. The molecule has 0 aliphatic carbocycles. The van der Waals surface area contributed by atoms with Crippen LogP contribution in [-0.2, 0) is 4.79 Å². The molecule has 1 rings (SSSR count). The van der Waals surface area contributed by atoms with Gasteiger partial charge in [0, 0.05) is 6.92 Å². The Morgan fingerprint density at radius 3 is 2.57 bits per heavy atom. The standard InChI is InChI=1S/C9H9NO4/c1-5(11)14-8-4-6(9(12)13)2-3-7(8)10/h2-4H,10H2,1H3,(H,12,13). The van der Waals surface area contributed by atoms with E-state index in [1.807, 2.05) is 0 Å². The van der Waals surface area contributed by atoms with Crippen molar-refractivity contribution in [2.75, 3.05) is 5.73 Å². The van der Waals surface area contributed by atoms with Gasteiger partial charge in [-0.1, -0.05) is 0 Å². The molecule has 1 aromatic rings. The SMILES string of the molecule is CC(=O)Oc1cc(C(=O)O)ccc1N. The fraction of sp³-hybridized carbons (Fsp3) is 0.111. The van der Waals surface area contributed by atoms with Gasteiger partial charge in [-0.3, -0.25) is 4.79 Å². The highest BCUT2D eigenvalue weighted by Crippen LogP contribution is 2.22. The van der Waals surface area contributed by atoms with Crippen LogP contribution in [0, 0.1) is 0 Å². The molecule has 0 aromatic heterocycles. The van der Waals surface area contributed by atoms with Gasteiger partial charge in [-0.2, -0.15) is 0 Å². The molecule has 0 saturated heterocycles. The molecule has 5 nitrogen and oxygen atoms in total. The largest absolute Gasteiger partial charge is 0.478 e. The molecule has 0 spiro atoms. The van der Waals surface area contributed by atoms with Gasteiger partial charge in [0.2, 0.25) is 0 Å². The zero-order valence-corrected chi connectivity index (χ0v) is 7.48. The number of nitrogens with two attached hydrogens (primary N) is 1. The maximum absolute atomic E-state index is 10.6. The van der Waals surface area contributed by atoms with Gasteiger partial charge >= 0.3 is 11.9 Å². The smallest absolute Gasteiger partial charge is 0.335 e. The van der Waals surface area contributed by atoms with Gasteiger partial charge in [0.1, 0.15) is 0 Å². The lowest BCUT2D eigenvalue weighted by Crippen LogP contribution is -2.05. The minimum Gasteiger partial charge on any atom is -0.478 e. The van der Waals surface area contributed by atoms with E-state index in [0.29, 0.717) is 0 Å². The summed E-state index contributed by atoms with van der Waals surface area (Å²) in [4.78, 5) is 21.2. The topological polar surface area (TPSA) is 89.6 Å². The quantitative estimate of drug-likeness (QED) is 0.415. The number of rotatable bonds is 2. The van der Waals surface area contributed by atoms with E-state index in [-0.39, 0.29) is 17.0 Å². The first-order chi connectivity index (χ1) is 6.50. The van der Waals surface area contributed by atoms with Gasteiger partial charge in [-0.05, 0) is 18.2 Å². The third kappa shape index (κ3) is 2.22. The van der Waals surface area contributed by atoms with Crippen molar-refractivity contribution < 1.29 is 19.4 Å².